The number of nitrogens with two attached hydrogens (primary N) is 1. The number of aliphatic hydroxyl groups is 1. The zero-order valence-electron chi connectivity index (χ0n) is 16.8. The molecule has 0 unspecified atom stereocenters. The SMILES string of the molecule is N#Cc1cc2c(cn1)c(C(N)=O)nn2-c1cccc(C#C[C@@]2(O)CCc3cccnc32)c1. The molecule has 1 amide bonds. The number of carbonyl (C=O) groups is 1. The molecule has 8 heteroatoms. The average molecular weight is 420 g/mol. The van der Waals surface area contributed by atoms with E-state index in [2.05, 4.69) is 26.9 Å². The molecule has 3 heterocycles. The van der Waals surface area contributed by atoms with E-state index in [1.165, 1.54) is 10.9 Å². The number of hydrogen-bond acceptors (Lipinski definition) is 6. The summed E-state index contributed by atoms with van der Waals surface area (Å²) in [6, 6.07) is 14.5. The third-order valence-corrected chi connectivity index (χ3v) is 5.46. The van der Waals surface area contributed by atoms with Crippen LogP contribution in [0.4, 0.5) is 0 Å². The van der Waals surface area contributed by atoms with Crippen molar-refractivity contribution >= 4 is 16.8 Å². The first-order chi connectivity index (χ1) is 15.5. The van der Waals surface area contributed by atoms with Gasteiger partial charge in [0, 0.05) is 24.0 Å². The third kappa shape index (κ3) is 3.16. The van der Waals surface area contributed by atoms with E-state index in [1.807, 2.05) is 24.3 Å². The van der Waals surface area contributed by atoms with E-state index in [1.54, 1.807) is 30.5 Å². The van der Waals surface area contributed by atoms with Gasteiger partial charge >= 0.3 is 0 Å². The molecule has 1 aromatic carbocycles. The molecule has 154 valence electrons. The van der Waals surface area contributed by atoms with Gasteiger partial charge in [-0.25, -0.2) is 9.67 Å². The Kier molecular flexibility index (Phi) is 4.44. The summed E-state index contributed by atoms with van der Waals surface area (Å²) >= 11 is 0. The summed E-state index contributed by atoms with van der Waals surface area (Å²) in [4.78, 5) is 20.2. The zero-order valence-corrected chi connectivity index (χ0v) is 16.8. The summed E-state index contributed by atoms with van der Waals surface area (Å²) in [6.07, 6.45) is 4.28. The number of nitriles is 1. The summed E-state index contributed by atoms with van der Waals surface area (Å²) in [5.41, 5.74) is 7.86. The molecule has 0 spiro atoms. The minimum atomic E-state index is -1.29. The molecule has 4 aromatic rings. The Morgan fingerprint density at radius 3 is 2.91 bits per heavy atom. The van der Waals surface area contributed by atoms with Gasteiger partial charge in [0.15, 0.2) is 11.3 Å². The molecule has 0 radical (unpaired) electrons. The lowest BCUT2D eigenvalue weighted by Crippen LogP contribution is -2.20. The number of rotatable bonds is 2. The first-order valence-electron chi connectivity index (χ1n) is 9.87. The number of hydrogen-bond donors (Lipinski definition) is 2. The lowest BCUT2D eigenvalue weighted by atomic mass is 10.0. The molecule has 3 N–H and O–H groups in total. The van der Waals surface area contributed by atoms with Gasteiger partial charge in [0.05, 0.1) is 22.3 Å². The van der Waals surface area contributed by atoms with Gasteiger partial charge in [-0.3, -0.25) is 9.78 Å². The normalized spacial score (nSPS) is 16.8. The standard InChI is InChI=1S/C24H16N6O2/c25-13-17-12-20-19(14-28-17)21(23(26)31)29-30(20)18-5-1-3-15(11-18)6-8-24(32)9-7-16-4-2-10-27-22(16)24/h1-5,10-12,14,32H,7,9H2,(H2,26,31)/t24-/m1/s1. The van der Waals surface area contributed by atoms with E-state index >= 15 is 0 Å². The largest absolute Gasteiger partial charge is 0.372 e. The number of benzene rings is 1. The Morgan fingerprint density at radius 2 is 2.09 bits per heavy atom. The molecule has 5 rings (SSSR count). The molecule has 1 atom stereocenters. The van der Waals surface area contributed by atoms with Gasteiger partial charge < -0.3 is 10.8 Å². The summed E-state index contributed by atoms with van der Waals surface area (Å²) in [7, 11) is 0. The van der Waals surface area contributed by atoms with Crippen LogP contribution in [0.1, 0.15) is 39.4 Å². The van der Waals surface area contributed by atoms with Crippen LogP contribution in [0.2, 0.25) is 0 Å². The van der Waals surface area contributed by atoms with Crippen LogP contribution in [0.25, 0.3) is 16.6 Å². The highest BCUT2D eigenvalue weighted by Crippen LogP contribution is 2.34. The molecule has 0 fully saturated rings. The van der Waals surface area contributed by atoms with Crippen molar-refractivity contribution in [3.05, 3.63) is 83.1 Å². The van der Waals surface area contributed by atoms with Crippen molar-refractivity contribution in [3.8, 4) is 23.6 Å². The van der Waals surface area contributed by atoms with E-state index in [4.69, 9.17) is 5.73 Å². The smallest absolute Gasteiger partial charge is 0.269 e. The maximum absolute atomic E-state index is 11.9. The number of amides is 1. The molecule has 0 aliphatic heterocycles. The molecular formula is C24H16N6O2. The second-order valence-corrected chi connectivity index (χ2v) is 7.49. The fraction of sp³-hybridized carbons (Fsp3) is 0.125. The molecular weight excluding hydrogens is 404 g/mol. The van der Waals surface area contributed by atoms with E-state index in [-0.39, 0.29) is 11.4 Å². The monoisotopic (exact) mass is 420 g/mol. The van der Waals surface area contributed by atoms with Crippen LogP contribution >= 0.6 is 0 Å². The third-order valence-electron chi connectivity index (χ3n) is 5.46. The first-order valence-corrected chi connectivity index (χ1v) is 9.87. The van der Waals surface area contributed by atoms with Crippen LogP contribution in [0.5, 0.6) is 0 Å². The van der Waals surface area contributed by atoms with E-state index in [9.17, 15) is 15.2 Å². The van der Waals surface area contributed by atoms with Crippen LogP contribution in [-0.4, -0.2) is 30.8 Å². The van der Waals surface area contributed by atoms with E-state index in [0.29, 0.717) is 34.3 Å². The minimum Gasteiger partial charge on any atom is -0.372 e. The van der Waals surface area contributed by atoms with Crippen LogP contribution in [0, 0.1) is 23.2 Å². The molecule has 0 saturated carbocycles. The van der Waals surface area contributed by atoms with Crippen LogP contribution in [-0.2, 0) is 12.0 Å². The van der Waals surface area contributed by atoms with Crippen molar-refractivity contribution in [2.75, 3.05) is 0 Å². The number of pyridine rings is 2. The Bertz CT molecular complexity index is 1500. The quantitative estimate of drug-likeness (QED) is 0.477. The van der Waals surface area contributed by atoms with Crippen LogP contribution < -0.4 is 5.73 Å². The molecule has 0 bridgehead atoms. The van der Waals surface area contributed by atoms with Gasteiger partial charge in [-0.2, -0.15) is 10.4 Å². The van der Waals surface area contributed by atoms with Crippen molar-refractivity contribution in [3.63, 3.8) is 0 Å². The lowest BCUT2D eigenvalue weighted by molar-refractivity contribution is 0.0980. The maximum atomic E-state index is 11.9. The van der Waals surface area contributed by atoms with E-state index < -0.39 is 11.5 Å². The Labute approximate surface area is 183 Å². The van der Waals surface area contributed by atoms with Gasteiger partial charge in [0.2, 0.25) is 0 Å². The fourth-order valence-electron chi connectivity index (χ4n) is 3.91. The Balaban J connectivity index is 1.58. The van der Waals surface area contributed by atoms with Gasteiger partial charge in [0.1, 0.15) is 11.8 Å². The summed E-state index contributed by atoms with van der Waals surface area (Å²) in [5.74, 6) is 5.33. The molecule has 3 aromatic heterocycles. The minimum absolute atomic E-state index is 0.0661. The first kappa shape index (κ1) is 19.4. The topological polar surface area (TPSA) is 131 Å². The molecule has 8 nitrogen and oxygen atoms in total. The van der Waals surface area contributed by atoms with Crippen molar-refractivity contribution in [2.45, 2.75) is 18.4 Å². The molecule has 1 aliphatic rings. The number of carbonyl (C=O) groups excluding carboxylic acids is 1. The maximum Gasteiger partial charge on any atom is 0.269 e. The Hall–Kier alpha value is -4.53. The number of aromatic nitrogens is 4. The van der Waals surface area contributed by atoms with Crippen molar-refractivity contribution in [1.82, 2.24) is 19.7 Å². The highest BCUT2D eigenvalue weighted by molar-refractivity contribution is 6.04. The highest BCUT2D eigenvalue weighted by atomic mass is 16.3. The lowest BCUT2D eigenvalue weighted by Gasteiger charge is -2.15. The highest BCUT2D eigenvalue weighted by Gasteiger charge is 2.36. The van der Waals surface area contributed by atoms with Crippen molar-refractivity contribution in [1.29, 1.82) is 5.26 Å². The second kappa shape index (κ2) is 7.31. The molecule has 0 saturated heterocycles. The molecule has 1 aliphatic carbocycles. The Morgan fingerprint density at radius 1 is 1.22 bits per heavy atom. The fourth-order valence-corrected chi connectivity index (χ4v) is 3.91. The number of nitrogens with zero attached hydrogens (tertiary/aromatic N) is 5. The van der Waals surface area contributed by atoms with Crippen molar-refractivity contribution in [2.24, 2.45) is 5.73 Å². The van der Waals surface area contributed by atoms with Gasteiger partial charge in [-0.05, 0) is 42.7 Å². The predicted molar refractivity (Wildman–Crippen MR) is 115 cm³/mol. The van der Waals surface area contributed by atoms with Crippen LogP contribution in [0.15, 0.2) is 54.9 Å². The summed E-state index contributed by atoms with van der Waals surface area (Å²) < 4.78 is 1.53. The van der Waals surface area contributed by atoms with Gasteiger partial charge in [0.25, 0.3) is 5.91 Å². The predicted octanol–water partition coefficient (Wildman–Crippen LogP) is 1.97. The van der Waals surface area contributed by atoms with E-state index in [0.717, 1.165) is 12.0 Å². The number of aryl methyl sites for hydroxylation is 1. The van der Waals surface area contributed by atoms with Crippen LogP contribution in [0.3, 0.4) is 0 Å². The second-order valence-electron chi connectivity index (χ2n) is 7.49. The van der Waals surface area contributed by atoms with Crippen molar-refractivity contribution < 1.29 is 9.90 Å². The zero-order chi connectivity index (χ0) is 22.3. The number of primary amides is 1. The summed E-state index contributed by atoms with van der Waals surface area (Å²) in [5, 5.41) is 25.0. The van der Waals surface area contributed by atoms with Gasteiger partial charge in [-0.1, -0.05) is 24.0 Å². The molecule has 32 heavy (non-hydrogen) atoms. The number of fused-ring (bicyclic) bond motifs is 2. The summed E-state index contributed by atoms with van der Waals surface area (Å²) in [6.45, 7) is 0. The van der Waals surface area contributed by atoms with Gasteiger partial charge in [-0.15, -0.1) is 0 Å². The average Bonchev–Trinajstić information content (AvgIpc) is 3.37.